The third-order valence-electron chi connectivity index (χ3n) is 4.49. The first-order valence-electron chi connectivity index (χ1n) is 8.93. The zero-order chi connectivity index (χ0) is 21.2. The fourth-order valence-electron chi connectivity index (χ4n) is 2.71. The van der Waals surface area contributed by atoms with Gasteiger partial charge in [-0.15, -0.1) is 0 Å². The lowest BCUT2D eigenvalue weighted by Crippen LogP contribution is -2.15. The van der Waals surface area contributed by atoms with Crippen molar-refractivity contribution in [3.05, 3.63) is 87.9 Å². The maximum Gasteiger partial charge on any atom is 0.261 e. The summed E-state index contributed by atoms with van der Waals surface area (Å²) in [5.74, 6) is -0.305. The van der Waals surface area contributed by atoms with E-state index in [2.05, 4.69) is 10.0 Å². The zero-order valence-electron chi connectivity index (χ0n) is 16.3. The van der Waals surface area contributed by atoms with E-state index in [1.165, 1.54) is 0 Å². The lowest BCUT2D eigenvalue weighted by atomic mass is 10.1. The van der Waals surface area contributed by atoms with Crippen molar-refractivity contribution in [1.29, 1.82) is 0 Å². The summed E-state index contributed by atoms with van der Waals surface area (Å²) in [5, 5.41) is 3.36. The number of sulfonamides is 1. The average molecular weight is 429 g/mol. The number of aryl methyl sites for hydroxylation is 3. The molecule has 0 heterocycles. The second-order valence-corrected chi connectivity index (χ2v) is 8.96. The lowest BCUT2D eigenvalue weighted by molar-refractivity contribution is 0.102. The Morgan fingerprint density at radius 2 is 1.55 bits per heavy atom. The van der Waals surface area contributed by atoms with Crippen LogP contribution in [0.2, 0.25) is 5.02 Å². The second-order valence-electron chi connectivity index (χ2n) is 6.87. The van der Waals surface area contributed by atoms with E-state index in [-0.39, 0.29) is 10.8 Å². The maximum absolute atomic E-state index is 12.6. The summed E-state index contributed by atoms with van der Waals surface area (Å²) < 4.78 is 27.7. The minimum Gasteiger partial charge on any atom is -0.322 e. The number of hydrogen-bond acceptors (Lipinski definition) is 3. The average Bonchev–Trinajstić information content (AvgIpc) is 2.66. The van der Waals surface area contributed by atoms with Gasteiger partial charge in [0.2, 0.25) is 0 Å². The number of amides is 1. The molecule has 3 aromatic rings. The highest BCUT2D eigenvalue weighted by molar-refractivity contribution is 7.92. The number of carbonyl (C=O) groups is 1. The van der Waals surface area contributed by atoms with Crippen molar-refractivity contribution in [1.82, 2.24) is 0 Å². The molecule has 0 aliphatic carbocycles. The van der Waals surface area contributed by atoms with E-state index in [0.717, 1.165) is 11.1 Å². The first-order valence-corrected chi connectivity index (χ1v) is 10.8. The predicted molar refractivity (Wildman–Crippen MR) is 117 cm³/mol. The molecule has 150 valence electrons. The molecular weight excluding hydrogens is 408 g/mol. The lowest BCUT2D eigenvalue weighted by Gasteiger charge is -2.12. The molecule has 3 rings (SSSR count). The molecule has 0 bridgehead atoms. The molecule has 0 aliphatic heterocycles. The Balaban J connectivity index is 1.78. The topological polar surface area (TPSA) is 75.3 Å². The smallest absolute Gasteiger partial charge is 0.261 e. The standard InChI is InChI=1S/C22H21ClN2O3S/c1-14-4-9-19(10-5-14)29(27,28)25-21-11-7-17(12-16(21)3)22(26)24-18-8-6-15(2)20(23)13-18/h4-13,25H,1-3H3,(H,24,26). The van der Waals surface area contributed by atoms with Gasteiger partial charge < -0.3 is 5.32 Å². The van der Waals surface area contributed by atoms with Gasteiger partial charge in [-0.05, 0) is 74.4 Å². The van der Waals surface area contributed by atoms with E-state index in [1.54, 1.807) is 61.5 Å². The molecule has 0 aromatic heterocycles. The van der Waals surface area contributed by atoms with E-state index in [0.29, 0.717) is 27.5 Å². The highest BCUT2D eigenvalue weighted by Crippen LogP contribution is 2.23. The van der Waals surface area contributed by atoms with Crippen molar-refractivity contribution in [2.75, 3.05) is 10.0 Å². The Kier molecular flexibility index (Phi) is 5.96. The Morgan fingerprint density at radius 3 is 2.17 bits per heavy atom. The molecule has 0 unspecified atom stereocenters. The Bertz CT molecular complexity index is 1170. The Labute approximate surface area is 175 Å². The van der Waals surface area contributed by atoms with Crippen LogP contribution in [-0.4, -0.2) is 14.3 Å². The van der Waals surface area contributed by atoms with Gasteiger partial charge in [-0.25, -0.2) is 8.42 Å². The molecule has 0 saturated carbocycles. The van der Waals surface area contributed by atoms with E-state index in [1.807, 2.05) is 19.9 Å². The Morgan fingerprint density at radius 1 is 0.862 bits per heavy atom. The molecule has 3 aromatic carbocycles. The highest BCUT2D eigenvalue weighted by Gasteiger charge is 2.16. The molecule has 2 N–H and O–H groups in total. The number of carbonyl (C=O) groups excluding carboxylic acids is 1. The largest absolute Gasteiger partial charge is 0.322 e. The fraction of sp³-hybridized carbons (Fsp3) is 0.136. The van der Waals surface area contributed by atoms with Crippen LogP contribution in [0.25, 0.3) is 0 Å². The monoisotopic (exact) mass is 428 g/mol. The van der Waals surface area contributed by atoms with Crippen LogP contribution in [0, 0.1) is 20.8 Å². The molecule has 0 spiro atoms. The van der Waals surface area contributed by atoms with E-state index in [9.17, 15) is 13.2 Å². The summed E-state index contributed by atoms with van der Waals surface area (Å²) in [7, 11) is -3.71. The first kappa shape index (κ1) is 20.9. The molecule has 29 heavy (non-hydrogen) atoms. The minimum absolute atomic E-state index is 0.181. The van der Waals surface area contributed by atoms with Gasteiger partial charge in [0.05, 0.1) is 10.6 Å². The summed E-state index contributed by atoms with van der Waals surface area (Å²) in [4.78, 5) is 12.7. The van der Waals surface area contributed by atoms with Crippen LogP contribution in [0.15, 0.2) is 65.6 Å². The summed E-state index contributed by atoms with van der Waals surface area (Å²) >= 11 is 6.09. The van der Waals surface area contributed by atoms with E-state index < -0.39 is 10.0 Å². The van der Waals surface area contributed by atoms with Gasteiger partial charge in [0.25, 0.3) is 15.9 Å². The van der Waals surface area contributed by atoms with Crippen LogP contribution in [0.3, 0.4) is 0 Å². The van der Waals surface area contributed by atoms with E-state index in [4.69, 9.17) is 11.6 Å². The van der Waals surface area contributed by atoms with Gasteiger partial charge in [0.15, 0.2) is 0 Å². The van der Waals surface area contributed by atoms with Crippen molar-refractivity contribution in [2.24, 2.45) is 0 Å². The zero-order valence-corrected chi connectivity index (χ0v) is 17.9. The minimum atomic E-state index is -3.71. The molecule has 0 aliphatic rings. The molecule has 0 atom stereocenters. The second kappa shape index (κ2) is 8.27. The van der Waals surface area contributed by atoms with Crippen LogP contribution in [-0.2, 0) is 10.0 Å². The van der Waals surface area contributed by atoms with Gasteiger partial charge >= 0.3 is 0 Å². The highest BCUT2D eigenvalue weighted by atomic mass is 35.5. The quantitative estimate of drug-likeness (QED) is 0.577. The van der Waals surface area contributed by atoms with Gasteiger partial charge in [-0.2, -0.15) is 0 Å². The van der Waals surface area contributed by atoms with Crippen molar-refractivity contribution in [3.63, 3.8) is 0 Å². The van der Waals surface area contributed by atoms with Crippen molar-refractivity contribution in [3.8, 4) is 0 Å². The van der Waals surface area contributed by atoms with Crippen LogP contribution in [0.5, 0.6) is 0 Å². The molecule has 0 radical (unpaired) electrons. The van der Waals surface area contributed by atoms with Gasteiger partial charge in [0.1, 0.15) is 0 Å². The summed E-state index contributed by atoms with van der Waals surface area (Å²) in [6.45, 7) is 5.52. The van der Waals surface area contributed by atoms with Crippen LogP contribution >= 0.6 is 11.6 Å². The fourth-order valence-corrected chi connectivity index (χ4v) is 4.03. The number of halogens is 1. The molecular formula is C22H21ClN2O3S. The van der Waals surface area contributed by atoms with Crippen LogP contribution in [0.4, 0.5) is 11.4 Å². The third-order valence-corrected chi connectivity index (χ3v) is 6.28. The first-order chi connectivity index (χ1) is 13.7. The van der Waals surface area contributed by atoms with Crippen molar-refractivity contribution < 1.29 is 13.2 Å². The van der Waals surface area contributed by atoms with Gasteiger partial charge in [-0.1, -0.05) is 35.4 Å². The molecule has 0 saturated heterocycles. The summed E-state index contributed by atoms with van der Waals surface area (Å²) in [5.41, 5.74) is 3.96. The summed E-state index contributed by atoms with van der Waals surface area (Å²) in [6.07, 6.45) is 0. The molecule has 0 fully saturated rings. The molecule has 5 nitrogen and oxygen atoms in total. The number of hydrogen-bond donors (Lipinski definition) is 2. The van der Waals surface area contributed by atoms with E-state index >= 15 is 0 Å². The van der Waals surface area contributed by atoms with Gasteiger partial charge in [0, 0.05) is 16.3 Å². The molecule has 7 heteroatoms. The predicted octanol–water partition coefficient (Wildman–Crippen LogP) is 5.32. The van der Waals surface area contributed by atoms with Crippen molar-refractivity contribution in [2.45, 2.75) is 25.7 Å². The number of benzene rings is 3. The number of rotatable bonds is 5. The summed E-state index contributed by atoms with van der Waals surface area (Å²) in [6, 6.07) is 16.7. The number of anilines is 2. The third kappa shape index (κ3) is 4.96. The van der Waals surface area contributed by atoms with Crippen LogP contribution < -0.4 is 10.0 Å². The normalized spacial score (nSPS) is 11.2. The van der Waals surface area contributed by atoms with Crippen molar-refractivity contribution >= 4 is 38.9 Å². The SMILES string of the molecule is Cc1ccc(S(=O)(=O)Nc2ccc(C(=O)Nc3ccc(C)c(Cl)c3)cc2C)cc1. The van der Waals surface area contributed by atoms with Crippen LogP contribution in [0.1, 0.15) is 27.0 Å². The maximum atomic E-state index is 12.6. The Hall–Kier alpha value is -2.83. The van der Waals surface area contributed by atoms with Gasteiger partial charge in [-0.3, -0.25) is 9.52 Å². The number of nitrogens with one attached hydrogen (secondary N) is 2. The molecule has 1 amide bonds.